The molecule has 0 radical (unpaired) electrons. The monoisotopic (exact) mass is 302 g/mol. The number of para-hydroxylation sites is 1. The molecular formula is C17H14N6. The van der Waals surface area contributed by atoms with Crippen molar-refractivity contribution < 1.29 is 0 Å². The number of rotatable bonds is 3. The normalized spacial score (nSPS) is 10.8. The second kappa shape index (κ2) is 5.42. The highest BCUT2D eigenvalue weighted by atomic mass is 15.1. The summed E-state index contributed by atoms with van der Waals surface area (Å²) in [5, 5.41) is 11.1. The van der Waals surface area contributed by atoms with E-state index in [2.05, 4.69) is 25.5 Å². The van der Waals surface area contributed by atoms with E-state index >= 15 is 0 Å². The Morgan fingerprint density at radius 3 is 2.61 bits per heavy atom. The molecule has 4 N–H and O–H groups in total. The topological polar surface area (TPSA) is 92.5 Å². The summed E-state index contributed by atoms with van der Waals surface area (Å²) >= 11 is 0. The predicted octanol–water partition coefficient (Wildman–Crippen LogP) is 3.35. The summed E-state index contributed by atoms with van der Waals surface area (Å²) < 4.78 is 0. The number of nitrogens with zero attached hydrogens (tertiary/aromatic N) is 3. The minimum atomic E-state index is 0.234. The molecule has 0 unspecified atom stereocenters. The molecule has 23 heavy (non-hydrogen) atoms. The largest absolute Gasteiger partial charge is 0.368 e. The molecule has 0 saturated carbocycles. The summed E-state index contributed by atoms with van der Waals surface area (Å²) in [5.41, 5.74) is 9.52. The van der Waals surface area contributed by atoms with Gasteiger partial charge < -0.3 is 11.1 Å². The third-order valence-electron chi connectivity index (χ3n) is 3.56. The Hall–Kier alpha value is -3.41. The molecule has 2 heterocycles. The number of fused-ring (bicyclic) bond motifs is 1. The lowest BCUT2D eigenvalue weighted by molar-refractivity contribution is 1.10. The summed E-state index contributed by atoms with van der Waals surface area (Å²) in [7, 11) is 0. The van der Waals surface area contributed by atoms with Crippen LogP contribution < -0.4 is 11.1 Å². The number of H-pyrrole nitrogens is 1. The zero-order valence-electron chi connectivity index (χ0n) is 12.2. The summed E-state index contributed by atoms with van der Waals surface area (Å²) in [6.07, 6.45) is 1.72. The molecule has 4 rings (SSSR count). The molecule has 112 valence electrons. The SMILES string of the molecule is Nc1nc(Nc2ccccc2)c2ccc(-c3ccn[nH]3)cc2n1. The van der Waals surface area contributed by atoms with Gasteiger partial charge in [0.25, 0.3) is 0 Å². The highest BCUT2D eigenvalue weighted by Gasteiger charge is 2.09. The fraction of sp³-hybridized carbons (Fsp3) is 0. The number of aromatic nitrogens is 4. The maximum Gasteiger partial charge on any atom is 0.222 e. The van der Waals surface area contributed by atoms with E-state index in [1.54, 1.807) is 6.20 Å². The van der Waals surface area contributed by atoms with Crippen molar-refractivity contribution in [2.45, 2.75) is 0 Å². The van der Waals surface area contributed by atoms with Gasteiger partial charge in [0, 0.05) is 22.8 Å². The molecule has 0 aliphatic carbocycles. The van der Waals surface area contributed by atoms with Crippen molar-refractivity contribution in [2.75, 3.05) is 11.1 Å². The van der Waals surface area contributed by atoms with Crippen molar-refractivity contribution in [3.8, 4) is 11.3 Å². The van der Waals surface area contributed by atoms with E-state index in [-0.39, 0.29) is 5.95 Å². The highest BCUT2D eigenvalue weighted by molar-refractivity contribution is 5.94. The average Bonchev–Trinajstić information content (AvgIpc) is 3.09. The van der Waals surface area contributed by atoms with Crippen LogP contribution >= 0.6 is 0 Å². The van der Waals surface area contributed by atoms with Crippen molar-refractivity contribution in [1.29, 1.82) is 0 Å². The van der Waals surface area contributed by atoms with Crippen molar-refractivity contribution in [1.82, 2.24) is 20.2 Å². The van der Waals surface area contributed by atoms with Crippen LogP contribution in [0, 0.1) is 0 Å². The number of nitrogens with one attached hydrogen (secondary N) is 2. The molecule has 0 aliphatic heterocycles. The van der Waals surface area contributed by atoms with E-state index in [4.69, 9.17) is 5.73 Å². The Bertz CT molecular complexity index is 948. The van der Waals surface area contributed by atoms with Gasteiger partial charge in [0.15, 0.2) is 0 Å². The molecule has 0 saturated heterocycles. The zero-order chi connectivity index (χ0) is 15.6. The van der Waals surface area contributed by atoms with Gasteiger partial charge in [-0.05, 0) is 30.3 Å². The van der Waals surface area contributed by atoms with Crippen LogP contribution in [0.4, 0.5) is 17.5 Å². The first-order chi connectivity index (χ1) is 11.3. The summed E-state index contributed by atoms with van der Waals surface area (Å²) in [6.45, 7) is 0. The van der Waals surface area contributed by atoms with Gasteiger partial charge in [-0.3, -0.25) is 5.10 Å². The van der Waals surface area contributed by atoms with Gasteiger partial charge in [0.05, 0.1) is 11.2 Å². The van der Waals surface area contributed by atoms with Gasteiger partial charge in [-0.15, -0.1) is 0 Å². The van der Waals surface area contributed by atoms with Crippen molar-refractivity contribution in [2.24, 2.45) is 0 Å². The van der Waals surface area contributed by atoms with Crippen LogP contribution in [0.1, 0.15) is 0 Å². The van der Waals surface area contributed by atoms with Crippen LogP contribution in [0.25, 0.3) is 22.2 Å². The smallest absolute Gasteiger partial charge is 0.222 e. The Morgan fingerprint density at radius 1 is 0.957 bits per heavy atom. The molecule has 6 nitrogen and oxygen atoms in total. The summed E-state index contributed by atoms with van der Waals surface area (Å²) in [5.74, 6) is 0.924. The van der Waals surface area contributed by atoms with E-state index in [1.807, 2.05) is 54.6 Å². The minimum absolute atomic E-state index is 0.234. The first-order valence-corrected chi connectivity index (χ1v) is 7.19. The standard InChI is InChI=1S/C17H14N6/c18-17-21-15-10-11(14-8-9-19-23-14)6-7-13(15)16(22-17)20-12-4-2-1-3-5-12/h1-10H,(H,19,23)(H3,18,20,21,22). The second-order valence-corrected chi connectivity index (χ2v) is 5.12. The van der Waals surface area contributed by atoms with E-state index in [0.717, 1.165) is 27.8 Å². The molecule has 2 aromatic carbocycles. The van der Waals surface area contributed by atoms with Crippen molar-refractivity contribution in [3.05, 3.63) is 60.8 Å². The molecule has 0 atom stereocenters. The van der Waals surface area contributed by atoms with Crippen LogP contribution in [0.3, 0.4) is 0 Å². The van der Waals surface area contributed by atoms with E-state index in [9.17, 15) is 0 Å². The van der Waals surface area contributed by atoms with Crippen molar-refractivity contribution >= 4 is 28.4 Å². The number of nitrogen functional groups attached to an aromatic ring is 1. The molecule has 6 heteroatoms. The molecular weight excluding hydrogens is 288 g/mol. The Labute approximate surface area is 132 Å². The molecule has 0 aliphatic rings. The van der Waals surface area contributed by atoms with Crippen LogP contribution in [0.5, 0.6) is 0 Å². The summed E-state index contributed by atoms with van der Waals surface area (Å²) in [6, 6.07) is 17.7. The molecule has 0 bridgehead atoms. The van der Waals surface area contributed by atoms with Gasteiger partial charge in [0.2, 0.25) is 5.95 Å². The molecule has 4 aromatic rings. The van der Waals surface area contributed by atoms with Crippen LogP contribution in [-0.2, 0) is 0 Å². The van der Waals surface area contributed by atoms with Gasteiger partial charge >= 0.3 is 0 Å². The van der Waals surface area contributed by atoms with E-state index in [1.165, 1.54) is 0 Å². The Morgan fingerprint density at radius 2 is 1.83 bits per heavy atom. The number of hydrogen-bond acceptors (Lipinski definition) is 5. The quantitative estimate of drug-likeness (QED) is 0.539. The molecule has 0 spiro atoms. The van der Waals surface area contributed by atoms with Crippen LogP contribution in [0.2, 0.25) is 0 Å². The summed E-state index contributed by atoms with van der Waals surface area (Å²) in [4.78, 5) is 8.67. The fourth-order valence-electron chi connectivity index (χ4n) is 2.49. The van der Waals surface area contributed by atoms with E-state index in [0.29, 0.717) is 5.82 Å². The highest BCUT2D eigenvalue weighted by Crippen LogP contribution is 2.28. The number of anilines is 3. The van der Waals surface area contributed by atoms with Crippen molar-refractivity contribution in [3.63, 3.8) is 0 Å². The number of benzene rings is 2. The third-order valence-corrected chi connectivity index (χ3v) is 3.56. The first-order valence-electron chi connectivity index (χ1n) is 7.19. The fourth-order valence-corrected chi connectivity index (χ4v) is 2.49. The Balaban J connectivity index is 1.82. The number of aromatic amines is 1. The average molecular weight is 302 g/mol. The van der Waals surface area contributed by atoms with Crippen LogP contribution in [-0.4, -0.2) is 20.2 Å². The van der Waals surface area contributed by atoms with Crippen LogP contribution in [0.15, 0.2) is 60.8 Å². The Kier molecular flexibility index (Phi) is 3.12. The molecule has 2 aromatic heterocycles. The first kappa shape index (κ1) is 13.3. The van der Waals surface area contributed by atoms with Gasteiger partial charge in [-0.1, -0.05) is 24.3 Å². The van der Waals surface area contributed by atoms with E-state index < -0.39 is 0 Å². The van der Waals surface area contributed by atoms with Gasteiger partial charge in [0.1, 0.15) is 5.82 Å². The number of nitrogens with two attached hydrogens (primary N) is 1. The number of hydrogen-bond donors (Lipinski definition) is 3. The van der Waals surface area contributed by atoms with Gasteiger partial charge in [-0.25, -0.2) is 4.98 Å². The lowest BCUT2D eigenvalue weighted by Gasteiger charge is -2.10. The van der Waals surface area contributed by atoms with Gasteiger partial charge in [-0.2, -0.15) is 10.1 Å². The third kappa shape index (κ3) is 2.57. The molecule has 0 fully saturated rings. The zero-order valence-corrected chi connectivity index (χ0v) is 12.2. The lowest BCUT2D eigenvalue weighted by atomic mass is 10.1. The predicted molar refractivity (Wildman–Crippen MR) is 91.3 cm³/mol. The maximum atomic E-state index is 5.86. The minimum Gasteiger partial charge on any atom is -0.368 e. The maximum absolute atomic E-state index is 5.86. The molecule has 0 amide bonds. The lowest BCUT2D eigenvalue weighted by Crippen LogP contribution is -2.01. The second-order valence-electron chi connectivity index (χ2n) is 5.12.